The van der Waals surface area contributed by atoms with Crippen LogP contribution >= 0.6 is 0 Å². The molecule has 0 aliphatic heterocycles. The maximum atomic E-state index is 12.5. The first-order valence-electron chi connectivity index (χ1n) is 9.59. The summed E-state index contributed by atoms with van der Waals surface area (Å²) in [5, 5.41) is 12.0. The van der Waals surface area contributed by atoms with Crippen LogP contribution in [0.5, 0.6) is 0 Å². The van der Waals surface area contributed by atoms with Gasteiger partial charge in [-0.25, -0.2) is 4.79 Å². The first-order chi connectivity index (χ1) is 13.9. The third-order valence-corrected chi connectivity index (χ3v) is 4.72. The Balaban J connectivity index is 1.57. The summed E-state index contributed by atoms with van der Waals surface area (Å²) in [6.07, 6.45) is 0.981. The van der Waals surface area contributed by atoms with Crippen LogP contribution in [0.25, 0.3) is 11.4 Å². The molecule has 0 saturated heterocycles. The van der Waals surface area contributed by atoms with Gasteiger partial charge in [0.1, 0.15) is 0 Å². The lowest BCUT2D eigenvalue weighted by molar-refractivity contribution is -0.143. The predicted octanol–water partition coefficient (Wildman–Crippen LogP) is 2.90. The molecular weight excluding hydrogens is 370 g/mol. The standard InChI is InChI=1S/C21H25N5O3/c1-5-10-25-15(3)11-18(16(25)4)19(27)13-29-20(28)12-26-23-21(22-24-26)17-8-6-14(2)7-9-17/h6-9,11H,5,10,12-13H2,1-4H3. The van der Waals surface area contributed by atoms with Gasteiger partial charge in [-0.1, -0.05) is 36.8 Å². The first-order valence-corrected chi connectivity index (χ1v) is 9.59. The van der Waals surface area contributed by atoms with Gasteiger partial charge in [-0.3, -0.25) is 4.79 Å². The molecule has 2 aromatic heterocycles. The molecule has 2 heterocycles. The van der Waals surface area contributed by atoms with Gasteiger partial charge in [0.05, 0.1) is 0 Å². The number of aromatic nitrogens is 5. The van der Waals surface area contributed by atoms with Gasteiger partial charge in [0.15, 0.2) is 13.2 Å². The van der Waals surface area contributed by atoms with Gasteiger partial charge < -0.3 is 9.30 Å². The molecule has 0 unspecified atom stereocenters. The van der Waals surface area contributed by atoms with Crippen molar-refractivity contribution < 1.29 is 14.3 Å². The minimum atomic E-state index is -0.589. The highest BCUT2D eigenvalue weighted by Crippen LogP contribution is 2.17. The predicted molar refractivity (Wildman–Crippen MR) is 107 cm³/mol. The molecule has 0 atom stereocenters. The summed E-state index contributed by atoms with van der Waals surface area (Å²) in [6.45, 7) is 8.29. The second-order valence-corrected chi connectivity index (χ2v) is 7.03. The Morgan fingerprint density at radius 2 is 1.83 bits per heavy atom. The second kappa shape index (κ2) is 8.81. The van der Waals surface area contributed by atoms with Gasteiger partial charge in [0.2, 0.25) is 11.6 Å². The number of carbonyl (C=O) groups excluding carboxylic acids is 2. The van der Waals surface area contributed by atoms with Crippen molar-refractivity contribution in [2.45, 2.75) is 47.2 Å². The zero-order chi connectivity index (χ0) is 21.0. The van der Waals surface area contributed by atoms with Crippen LogP contribution < -0.4 is 0 Å². The molecule has 0 amide bonds. The molecule has 3 aromatic rings. The molecule has 29 heavy (non-hydrogen) atoms. The molecule has 1 aromatic carbocycles. The summed E-state index contributed by atoms with van der Waals surface area (Å²) in [7, 11) is 0. The number of ether oxygens (including phenoxy) is 1. The third kappa shape index (κ3) is 4.77. The molecule has 8 heteroatoms. The summed E-state index contributed by atoms with van der Waals surface area (Å²) in [6, 6.07) is 9.53. The molecule has 0 fully saturated rings. The number of hydrogen-bond acceptors (Lipinski definition) is 6. The highest BCUT2D eigenvalue weighted by Gasteiger charge is 2.18. The number of hydrogen-bond donors (Lipinski definition) is 0. The highest BCUT2D eigenvalue weighted by atomic mass is 16.5. The number of rotatable bonds is 8. The topological polar surface area (TPSA) is 91.9 Å². The molecule has 152 valence electrons. The lowest BCUT2D eigenvalue weighted by Crippen LogP contribution is -2.20. The van der Waals surface area contributed by atoms with Gasteiger partial charge in [-0.05, 0) is 38.5 Å². The van der Waals surface area contributed by atoms with Crippen LogP contribution in [0.3, 0.4) is 0 Å². The van der Waals surface area contributed by atoms with Crippen molar-refractivity contribution in [3.05, 3.63) is 52.8 Å². The van der Waals surface area contributed by atoms with E-state index >= 15 is 0 Å². The summed E-state index contributed by atoms with van der Waals surface area (Å²) >= 11 is 0. The van der Waals surface area contributed by atoms with E-state index in [2.05, 4.69) is 26.9 Å². The van der Waals surface area contributed by atoms with E-state index in [4.69, 9.17) is 4.74 Å². The van der Waals surface area contributed by atoms with Crippen molar-refractivity contribution in [1.29, 1.82) is 0 Å². The summed E-state index contributed by atoms with van der Waals surface area (Å²) in [4.78, 5) is 25.7. The lowest BCUT2D eigenvalue weighted by atomic mass is 10.1. The van der Waals surface area contributed by atoms with Crippen LogP contribution in [0, 0.1) is 20.8 Å². The second-order valence-electron chi connectivity index (χ2n) is 7.03. The van der Waals surface area contributed by atoms with E-state index in [0.717, 1.165) is 40.3 Å². The monoisotopic (exact) mass is 395 g/mol. The molecule has 0 spiro atoms. The summed E-state index contributed by atoms with van der Waals surface area (Å²) in [5.74, 6) is -0.383. The Labute approximate surface area is 169 Å². The van der Waals surface area contributed by atoms with E-state index in [-0.39, 0.29) is 18.9 Å². The Bertz CT molecular complexity index is 1020. The molecule has 0 aliphatic rings. The van der Waals surface area contributed by atoms with Gasteiger partial charge in [-0.15, -0.1) is 10.2 Å². The average molecular weight is 395 g/mol. The maximum absolute atomic E-state index is 12.5. The van der Waals surface area contributed by atoms with Crippen molar-refractivity contribution in [2.24, 2.45) is 0 Å². The molecule has 3 rings (SSSR count). The van der Waals surface area contributed by atoms with E-state index < -0.39 is 5.97 Å². The number of Topliss-reactive ketones (excluding diaryl/α,β-unsaturated/α-hetero) is 1. The van der Waals surface area contributed by atoms with Crippen molar-refractivity contribution >= 4 is 11.8 Å². The fraction of sp³-hybridized carbons (Fsp3) is 0.381. The molecule has 0 bridgehead atoms. The van der Waals surface area contributed by atoms with Crippen molar-refractivity contribution in [2.75, 3.05) is 6.61 Å². The molecule has 0 saturated carbocycles. The quantitative estimate of drug-likeness (QED) is 0.430. The maximum Gasteiger partial charge on any atom is 0.330 e. The SMILES string of the molecule is CCCn1c(C)cc(C(=O)COC(=O)Cn2nnc(-c3ccc(C)cc3)n2)c1C. The van der Waals surface area contributed by atoms with Gasteiger partial charge in [0, 0.05) is 29.1 Å². The van der Waals surface area contributed by atoms with E-state index in [1.54, 1.807) is 0 Å². The number of benzene rings is 1. The van der Waals surface area contributed by atoms with Crippen LogP contribution in [-0.2, 0) is 22.6 Å². The molecule has 0 aliphatic carbocycles. The Morgan fingerprint density at radius 3 is 2.52 bits per heavy atom. The fourth-order valence-electron chi connectivity index (χ4n) is 3.16. The van der Waals surface area contributed by atoms with Crippen LogP contribution in [0.2, 0.25) is 0 Å². The number of esters is 1. The molecule has 0 N–H and O–H groups in total. The van der Waals surface area contributed by atoms with Crippen LogP contribution in [0.1, 0.15) is 40.7 Å². The molecule has 0 radical (unpaired) electrons. The largest absolute Gasteiger partial charge is 0.456 e. The van der Waals surface area contributed by atoms with Gasteiger partial charge in [-0.2, -0.15) is 4.80 Å². The summed E-state index contributed by atoms with van der Waals surface area (Å²) in [5.41, 5.74) is 4.45. The lowest BCUT2D eigenvalue weighted by Gasteiger charge is -2.08. The van der Waals surface area contributed by atoms with E-state index in [1.807, 2.05) is 51.1 Å². The third-order valence-electron chi connectivity index (χ3n) is 4.72. The number of ketones is 1. The average Bonchev–Trinajstić information content (AvgIpc) is 3.27. The number of carbonyl (C=O) groups is 2. The number of tetrazole rings is 1. The zero-order valence-corrected chi connectivity index (χ0v) is 17.2. The molecular formula is C21H25N5O3. The van der Waals surface area contributed by atoms with Crippen LogP contribution in [0.4, 0.5) is 0 Å². The number of nitrogens with zero attached hydrogens (tertiary/aromatic N) is 5. The summed E-state index contributed by atoms with van der Waals surface area (Å²) < 4.78 is 7.23. The van der Waals surface area contributed by atoms with E-state index in [9.17, 15) is 9.59 Å². The van der Waals surface area contributed by atoms with E-state index in [0.29, 0.717) is 11.4 Å². The number of aryl methyl sites for hydroxylation is 2. The van der Waals surface area contributed by atoms with Crippen LogP contribution in [-0.4, -0.2) is 43.1 Å². The van der Waals surface area contributed by atoms with Gasteiger partial charge >= 0.3 is 5.97 Å². The van der Waals surface area contributed by atoms with Crippen LogP contribution in [0.15, 0.2) is 30.3 Å². The van der Waals surface area contributed by atoms with E-state index in [1.165, 1.54) is 0 Å². The minimum absolute atomic E-state index is 0.207. The normalized spacial score (nSPS) is 10.9. The van der Waals surface area contributed by atoms with Crippen molar-refractivity contribution in [3.63, 3.8) is 0 Å². The zero-order valence-electron chi connectivity index (χ0n) is 17.2. The van der Waals surface area contributed by atoms with Gasteiger partial charge in [0.25, 0.3) is 0 Å². The Kier molecular flexibility index (Phi) is 6.21. The van der Waals surface area contributed by atoms with Crippen molar-refractivity contribution in [1.82, 2.24) is 24.8 Å². The minimum Gasteiger partial charge on any atom is -0.456 e. The Hall–Kier alpha value is -3.29. The fourth-order valence-corrected chi connectivity index (χ4v) is 3.16. The molecule has 8 nitrogen and oxygen atoms in total. The highest BCUT2D eigenvalue weighted by molar-refractivity contribution is 5.99. The van der Waals surface area contributed by atoms with Crippen molar-refractivity contribution in [3.8, 4) is 11.4 Å². The first kappa shape index (κ1) is 20.4. The smallest absolute Gasteiger partial charge is 0.330 e. The Morgan fingerprint density at radius 1 is 1.10 bits per heavy atom.